The topological polar surface area (TPSA) is 75.2 Å². The number of ether oxygens (including phenoxy) is 2. The van der Waals surface area contributed by atoms with Gasteiger partial charge in [-0.25, -0.2) is 4.99 Å². The molecular weight excluding hydrogens is 356 g/mol. The summed E-state index contributed by atoms with van der Waals surface area (Å²) in [5, 5.41) is 6.77. The smallest absolute Gasteiger partial charge is 0.225 e. The summed E-state index contributed by atoms with van der Waals surface area (Å²) in [7, 11) is 0. The number of guanidine groups is 1. The van der Waals surface area contributed by atoms with Crippen LogP contribution >= 0.6 is 0 Å². The zero-order valence-electron chi connectivity index (χ0n) is 17.2. The van der Waals surface area contributed by atoms with Gasteiger partial charge in [-0.15, -0.1) is 0 Å². The van der Waals surface area contributed by atoms with E-state index in [-0.39, 0.29) is 17.9 Å². The Morgan fingerprint density at radius 1 is 1.29 bits per heavy atom. The van der Waals surface area contributed by atoms with Gasteiger partial charge in [0, 0.05) is 38.0 Å². The second kappa shape index (κ2) is 9.66. The van der Waals surface area contributed by atoms with Crippen LogP contribution in [0.2, 0.25) is 0 Å². The molecule has 1 amide bonds. The summed E-state index contributed by atoms with van der Waals surface area (Å²) in [6, 6.07) is 6.22. The molecule has 0 radical (unpaired) electrons. The average molecular weight is 389 g/mol. The lowest BCUT2D eigenvalue weighted by molar-refractivity contribution is -0.133. The number of hydrogen-bond acceptors (Lipinski definition) is 4. The normalized spacial score (nSPS) is 19.5. The van der Waals surface area contributed by atoms with E-state index in [9.17, 15) is 4.79 Å². The fourth-order valence-corrected chi connectivity index (χ4v) is 3.43. The third-order valence-corrected chi connectivity index (χ3v) is 4.91. The first kappa shape index (κ1) is 20.3. The number of carbonyl (C=O) groups is 1. The largest absolute Gasteiger partial charge is 0.490 e. The second-order valence-electron chi connectivity index (χ2n) is 7.60. The maximum atomic E-state index is 12.2. The van der Waals surface area contributed by atoms with Gasteiger partial charge in [-0.2, -0.15) is 0 Å². The van der Waals surface area contributed by atoms with Crippen LogP contribution in [-0.2, 0) is 11.3 Å². The molecule has 28 heavy (non-hydrogen) atoms. The Kier molecular flexibility index (Phi) is 7.01. The van der Waals surface area contributed by atoms with Gasteiger partial charge in [0.2, 0.25) is 5.91 Å². The molecule has 2 aliphatic heterocycles. The maximum absolute atomic E-state index is 12.2. The molecule has 2 N–H and O–H groups in total. The van der Waals surface area contributed by atoms with Crippen LogP contribution in [0.1, 0.15) is 39.2 Å². The van der Waals surface area contributed by atoms with Crippen molar-refractivity contribution in [2.75, 3.05) is 32.8 Å². The van der Waals surface area contributed by atoms with Crippen molar-refractivity contribution in [2.45, 2.75) is 46.2 Å². The van der Waals surface area contributed by atoms with Gasteiger partial charge >= 0.3 is 0 Å². The number of carbonyl (C=O) groups excluding carboxylic acids is 1. The van der Waals surface area contributed by atoms with Gasteiger partial charge < -0.3 is 25.0 Å². The van der Waals surface area contributed by atoms with Gasteiger partial charge in [0.25, 0.3) is 0 Å². The summed E-state index contributed by atoms with van der Waals surface area (Å²) in [6.07, 6.45) is 1.83. The summed E-state index contributed by atoms with van der Waals surface area (Å²) in [4.78, 5) is 18.8. The minimum Gasteiger partial charge on any atom is -0.490 e. The Labute approximate surface area is 167 Å². The molecule has 0 bridgehead atoms. The molecule has 0 spiro atoms. The third kappa shape index (κ3) is 5.30. The molecule has 2 aliphatic rings. The summed E-state index contributed by atoms with van der Waals surface area (Å²) >= 11 is 0. The number of nitrogens with zero attached hydrogens (tertiary/aromatic N) is 2. The SMILES string of the molecule is CCNC(=NCc1ccc2c(c1)OCCCO2)NC1CCN(C(=O)C(C)C)C1. The number of likely N-dealkylation sites (tertiary alicyclic amines) is 1. The number of fused-ring (bicyclic) bond motifs is 1. The van der Waals surface area contributed by atoms with Crippen LogP contribution in [0.5, 0.6) is 11.5 Å². The molecule has 0 saturated carbocycles. The molecule has 7 heteroatoms. The molecule has 1 aromatic carbocycles. The lowest BCUT2D eigenvalue weighted by atomic mass is 10.2. The molecule has 0 aromatic heterocycles. The minimum absolute atomic E-state index is 0.0417. The Morgan fingerprint density at radius 2 is 2.07 bits per heavy atom. The molecule has 1 aromatic rings. The predicted octanol–water partition coefficient (Wildman–Crippen LogP) is 2.16. The first-order chi connectivity index (χ1) is 13.6. The number of benzene rings is 1. The molecular formula is C21H32N4O3. The molecule has 7 nitrogen and oxygen atoms in total. The van der Waals surface area contributed by atoms with E-state index in [2.05, 4.69) is 10.6 Å². The van der Waals surface area contributed by atoms with Crippen LogP contribution in [0.25, 0.3) is 0 Å². The van der Waals surface area contributed by atoms with E-state index in [1.807, 2.05) is 43.9 Å². The Hall–Kier alpha value is -2.44. The summed E-state index contributed by atoms with van der Waals surface area (Å²) in [5.41, 5.74) is 1.07. The van der Waals surface area contributed by atoms with Crippen LogP contribution < -0.4 is 20.1 Å². The number of aliphatic imine (C=N–C) groups is 1. The lowest BCUT2D eigenvalue weighted by Crippen LogP contribution is -2.45. The quantitative estimate of drug-likeness (QED) is 0.597. The maximum Gasteiger partial charge on any atom is 0.225 e. The zero-order chi connectivity index (χ0) is 19.9. The molecule has 1 atom stereocenters. The van der Waals surface area contributed by atoms with Crippen LogP contribution in [0.4, 0.5) is 0 Å². The van der Waals surface area contributed by atoms with Gasteiger partial charge in [-0.3, -0.25) is 4.79 Å². The van der Waals surface area contributed by atoms with Crippen LogP contribution in [0.3, 0.4) is 0 Å². The fourth-order valence-electron chi connectivity index (χ4n) is 3.43. The van der Waals surface area contributed by atoms with E-state index in [1.54, 1.807) is 0 Å². The van der Waals surface area contributed by atoms with Crippen molar-refractivity contribution < 1.29 is 14.3 Å². The highest BCUT2D eigenvalue weighted by Gasteiger charge is 2.27. The van der Waals surface area contributed by atoms with Gasteiger partial charge in [-0.1, -0.05) is 19.9 Å². The predicted molar refractivity (Wildman–Crippen MR) is 110 cm³/mol. The molecule has 1 fully saturated rings. The lowest BCUT2D eigenvalue weighted by Gasteiger charge is -2.20. The van der Waals surface area contributed by atoms with Gasteiger partial charge in [0.1, 0.15) is 0 Å². The Morgan fingerprint density at radius 3 is 2.82 bits per heavy atom. The first-order valence-corrected chi connectivity index (χ1v) is 10.3. The van der Waals surface area contributed by atoms with Crippen molar-refractivity contribution in [1.82, 2.24) is 15.5 Å². The zero-order valence-corrected chi connectivity index (χ0v) is 17.2. The van der Waals surface area contributed by atoms with Gasteiger partial charge in [0.05, 0.1) is 19.8 Å². The molecule has 1 unspecified atom stereocenters. The van der Waals surface area contributed by atoms with E-state index in [0.717, 1.165) is 55.5 Å². The number of rotatable bonds is 5. The molecule has 154 valence electrons. The number of hydrogen-bond donors (Lipinski definition) is 2. The Bertz CT molecular complexity index is 705. The van der Waals surface area contributed by atoms with Crippen LogP contribution in [0.15, 0.2) is 23.2 Å². The van der Waals surface area contributed by atoms with Gasteiger partial charge in [0.15, 0.2) is 17.5 Å². The highest BCUT2D eigenvalue weighted by Crippen LogP contribution is 2.30. The summed E-state index contributed by atoms with van der Waals surface area (Å²) in [5.74, 6) is 2.63. The van der Waals surface area contributed by atoms with E-state index in [4.69, 9.17) is 14.5 Å². The first-order valence-electron chi connectivity index (χ1n) is 10.3. The molecule has 2 heterocycles. The third-order valence-electron chi connectivity index (χ3n) is 4.91. The Balaban J connectivity index is 1.60. The number of amides is 1. The van der Waals surface area contributed by atoms with E-state index < -0.39 is 0 Å². The van der Waals surface area contributed by atoms with E-state index in [1.165, 1.54) is 0 Å². The fraction of sp³-hybridized carbons (Fsp3) is 0.619. The minimum atomic E-state index is 0.0417. The standard InChI is InChI=1S/C21H32N4O3/c1-4-22-21(24-17-8-9-25(14-17)20(26)15(2)3)23-13-16-6-7-18-19(12-16)28-11-5-10-27-18/h6-7,12,15,17H,4-5,8-11,13-14H2,1-3H3,(H2,22,23,24). The summed E-state index contributed by atoms with van der Waals surface area (Å²) < 4.78 is 11.4. The van der Waals surface area contributed by atoms with Crippen molar-refractivity contribution in [2.24, 2.45) is 10.9 Å². The van der Waals surface area contributed by atoms with Crippen molar-refractivity contribution >= 4 is 11.9 Å². The molecule has 3 rings (SSSR count). The van der Waals surface area contributed by atoms with Crippen molar-refractivity contribution in [3.8, 4) is 11.5 Å². The molecule has 1 saturated heterocycles. The van der Waals surface area contributed by atoms with Gasteiger partial charge in [-0.05, 0) is 31.0 Å². The van der Waals surface area contributed by atoms with Crippen molar-refractivity contribution in [1.29, 1.82) is 0 Å². The van der Waals surface area contributed by atoms with E-state index in [0.29, 0.717) is 19.8 Å². The molecule has 0 aliphatic carbocycles. The summed E-state index contributed by atoms with van der Waals surface area (Å²) in [6.45, 7) is 10.2. The second-order valence-corrected chi connectivity index (χ2v) is 7.60. The van der Waals surface area contributed by atoms with E-state index >= 15 is 0 Å². The van der Waals surface area contributed by atoms with Crippen molar-refractivity contribution in [3.05, 3.63) is 23.8 Å². The van der Waals surface area contributed by atoms with Crippen LogP contribution in [0, 0.1) is 5.92 Å². The average Bonchev–Trinajstić information content (AvgIpc) is 3.02. The highest BCUT2D eigenvalue weighted by atomic mass is 16.5. The number of nitrogens with one attached hydrogen (secondary N) is 2. The van der Waals surface area contributed by atoms with Crippen LogP contribution in [-0.4, -0.2) is 55.7 Å². The monoisotopic (exact) mass is 388 g/mol. The van der Waals surface area contributed by atoms with Crippen molar-refractivity contribution in [3.63, 3.8) is 0 Å². The highest BCUT2D eigenvalue weighted by molar-refractivity contribution is 5.81.